The van der Waals surface area contributed by atoms with Crippen molar-refractivity contribution in [1.29, 1.82) is 0 Å². The summed E-state index contributed by atoms with van der Waals surface area (Å²) in [6, 6.07) is 8.99. The third-order valence-corrected chi connectivity index (χ3v) is 5.89. The summed E-state index contributed by atoms with van der Waals surface area (Å²) in [4.78, 5) is 0. The second-order valence-electron chi connectivity index (χ2n) is 6.70. The van der Waals surface area contributed by atoms with Crippen molar-refractivity contribution in [2.24, 2.45) is 17.8 Å². The van der Waals surface area contributed by atoms with E-state index in [0.717, 1.165) is 12.3 Å². The van der Waals surface area contributed by atoms with Gasteiger partial charge in [-0.1, -0.05) is 36.4 Å². The van der Waals surface area contributed by atoms with E-state index in [1.807, 2.05) is 0 Å². The van der Waals surface area contributed by atoms with Crippen LogP contribution in [-0.4, -0.2) is 11.2 Å². The van der Waals surface area contributed by atoms with Gasteiger partial charge in [0.25, 0.3) is 0 Å². The van der Waals surface area contributed by atoms with Crippen LogP contribution in [0.5, 0.6) is 0 Å². The zero-order chi connectivity index (χ0) is 13.0. The van der Waals surface area contributed by atoms with Crippen LogP contribution in [-0.2, 0) is 6.42 Å². The predicted octanol–water partition coefficient (Wildman–Crippen LogP) is 3.68. The number of aliphatic hydroxyl groups is 1. The number of hydrogen-bond acceptors (Lipinski definition) is 1. The molecule has 1 nitrogen and oxygen atoms in total. The molecule has 0 heterocycles. The lowest BCUT2D eigenvalue weighted by molar-refractivity contribution is 0.0606. The quantitative estimate of drug-likeness (QED) is 0.700. The van der Waals surface area contributed by atoms with E-state index in [9.17, 15) is 5.11 Å². The second-order valence-corrected chi connectivity index (χ2v) is 6.70. The molecule has 1 heteroatoms. The lowest BCUT2D eigenvalue weighted by atomic mass is 9.60. The van der Waals surface area contributed by atoms with Gasteiger partial charge in [-0.15, -0.1) is 0 Å². The monoisotopic (exact) mass is 254 g/mol. The fourth-order valence-corrected chi connectivity index (χ4v) is 5.14. The van der Waals surface area contributed by atoms with Crippen molar-refractivity contribution >= 4 is 0 Å². The Kier molecular flexibility index (Phi) is 2.60. The molecular weight excluding hydrogens is 232 g/mol. The zero-order valence-electron chi connectivity index (χ0n) is 11.4. The van der Waals surface area contributed by atoms with Gasteiger partial charge in [0.2, 0.25) is 0 Å². The highest BCUT2D eigenvalue weighted by Gasteiger charge is 2.48. The van der Waals surface area contributed by atoms with E-state index in [0.29, 0.717) is 17.8 Å². The van der Waals surface area contributed by atoms with Crippen molar-refractivity contribution in [3.8, 4) is 0 Å². The van der Waals surface area contributed by atoms with Crippen LogP contribution in [0.1, 0.15) is 42.7 Å². The summed E-state index contributed by atoms with van der Waals surface area (Å²) in [5.41, 5.74) is 4.48. The number of fused-ring (bicyclic) bond motifs is 5. The van der Waals surface area contributed by atoms with Crippen LogP contribution in [0.25, 0.3) is 0 Å². The maximum Gasteiger partial charge on any atom is 0.0611 e. The summed E-state index contributed by atoms with van der Waals surface area (Å²) in [6.45, 7) is 4.28. The van der Waals surface area contributed by atoms with E-state index in [1.165, 1.54) is 31.3 Å². The number of rotatable bonds is 0. The van der Waals surface area contributed by atoms with E-state index < -0.39 is 0 Å². The third kappa shape index (κ3) is 1.64. The maximum absolute atomic E-state index is 10.2. The first-order chi connectivity index (χ1) is 9.25. The SMILES string of the molecule is C=C1CC(O)[C@H]2CC[C@@H]3c4ccccc4CC[C@H]3[C@H]12. The van der Waals surface area contributed by atoms with Crippen LogP contribution >= 0.6 is 0 Å². The van der Waals surface area contributed by atoms with Crippen molar-refractivity contribution < 1.29 is 5.11 Å². The summed E-state index contributed by atoms with van der Waals surface area (Å²) in [5, 5.41) is 10.2. The van der Waals surface area contributed by atoms with Gasteiger partial charge in [-0.3, -0.25) is 0 Å². The highest BCUT2D eigenvalue weighted by Crippen LogP contribution is 2.56. The fourth-order valence-electron chi connectivity index (χ4n) is 5.14. The molecule has 1 N–H and O–H groups in total. The van der Waals surface area contributed by atoms with Crippen molar-refractivity contribution in [2.45, 2.75) is 44.1 Å². The molecule has 1 unspecified atom stereocenters. The molecule has 100 valence electrons. The Labute approximate surface area is 115 Å². The van der Waals surface area contributed by atoms with Gasteiger partial charge in [0.1, 0.15) is 0 Å². The van der Waals surface area contributed by atoms with Crippen molar-refractivity contribution in [3.63, 3.8) is 0 Å². The zero-order valence-corrected chi connectivity index (χ0v) is 11.4. The molecule has 0 spiro atoms. The van der Waals surface area contributed by atoms with E-state index in [1.54, 1.807) is 11.1 Å². The molecule has 2 fully saturated rings. The molecule has 0 radical (unpaired) electrons. The van der Waals surface area contributed by atoms with Gasteiger partial charge in [0.15, 0.2) is 0 Å². The summed E-state index contributed by atoms with van der Waals surface area (Å²) in [6.07, 6.45) is 5.67. The van der Waals surface area contributed by atoms with Gasteiger partial charge in [0, 0.05) is 0 Å². The topological polar surface area (TPSA) is 20.2 Å². The third-order valence-electron chi connectivity index (χ3n) is 5.89. The average molecular weight is 254 g/mol. The largest absolute Gasteiger partial charge is 0.392 e. The second kappa shape index (κ2) is 4.21. The van der Waals surface area contributed by atoms with Crippen molar-refractivity contribution in [3.05, 3.63) is 47.5 Å². The Balaban J connectivity index is 1.72. The first kappa shape index (κ1) is 11.7. The molecule has 4 rings (SSSR count). The molecule has 19 heavy (non-hydrogen) atoms. The van der Waals surface area contributed by atoms with Crippen molar-refractivity contribution in [1.82, 2.24) is 0 Å². The molecule has 1 aromatic rings. The highest BCUT2D eigenvalue weighted by molar-refractivity contribution is 5.35. The molecule has 3 aliphatic carbocycles. The van der Waals surface area contributed by atoms with E-state index in [-0.39, 0.29) is 6.10 Å². The van der Waals surface area contributed by atoms with Gasteiger partial charge < -0.3 is 5.11 Å². The van der Waals surface area contributed by atoms with Crippen LogP contribution in [0.2, 0.25) is 0 Å². The van der Waals surface area contributed by atoms with Crippen LogP contribution in [0.15, 0.2) is 36.4 Å². The Bertz CT molecular complexity index is 518. The minimum atomic E-state index is -0.115. The van der Waals surface area contributed by atoms with Crippen LogP contribution in [0.4, 0.5) is 0 Å². The van der Waals surface area contributed by atoms with E-state index in [2.05, 4.69) is 30.8 Å². The lowest BCUT2D eigenvalue weighted by Crippen LogP contribution is -2.37. The number of aryl methyl sites for hydroxylation is 1. The van der Waals surface area contributed by atoms with Crippen LogP contribution < -0.4 is 0 Å². The van der Waals surface area contributed by atoms with Crippen LogP contribution in [0, 0.1) is 17.8 Å². The summed E-state index contributed by atoms with van der Waals surface area (Å²) < 4.78 is 0. The summed E-state index contributed by atoms with van der Waals surface area (Å²) in [7, 11) is 0. The molecule has 5 atom stereocenters. The van der Waals surface area contributed by atoms with Gasteiger partial charge in [-0.05, 0) is 66.9 Å². The molecule has 3 aliphatic rings. The molecule has 2 saturated carbocycles. The predicted molar refractivity (Wildman–Crippen MR) is 77.0 cm³/mol. The van der Waals surface area contributed by atoms with Gasteiger partial charge in [-0.25, -0.2) is 0 Å². The first-order valence-electron chi connectivity index (χ1n) is 7.69. The Morgan fingerprint density at radius 2 is 1.89 bits per heavy atom. The van der Waals surface area contributed by atoms with Crippen LogP contribution in [0.3, 0.4) is 0 Å². The lowest BCUT2D eigenvalue weighted by Gasteiger charge is -2.44. The molecule has 0 bridgehead atoms. The van der Waals surface area contributed by atoms with E-state index in [4.69, 9.17) is 0 Å². The van der Waals surface area contributed by atoms with Gasteiger partial charge in [0.05, 0.1) is 6.10 Å². The maximum atomic E-state index is 10.2. The Hall–Kier alpha value is -1.08. The summed E-state index contributed by atoms with van der Waals surface area (Å²) >= 11 is 0. The van der Waals surface area contributed by atoms with Crippen molar-refractivity contribution in [2.75, 3.05) is 0 Å². The Morgan fingerprint density at radius 3 is 2.79 bits per heavy atom. The molecular formula is C18H22O. The minimum Gasteiger partial charge on any atom is -0.392 e. The van der Waals surface area contributed by atoms with Gasteiger partial charge in [-0.2, -0.15) is 0 Å². The molecule has 0 saturated heterocycles. The smallest absolute Gasteiger partial charge is 0.0611 e. The average Bonchev–Trinajstić information content (AvgIpc) is 2.74. The minimum absolute atomic E-state index is 0.115. The van der Waals surface area contributed by atoms with Gasteiger partial charge >= 0.3 is 0 Å². The highest BCUT2D eigenvalue weighted by atomic mass is 16.3. The number of aliphatic hydroxyl groups excluding tert-OH is 1. The normalized spacial score (nSPS) is 40.5. The summed E-state index contributed by atoms with van der Waals surface area (Å²) in [5.74, 6) is 2.53. The molecule has 0 aliphatic heterocycles. The number of benzene rings is 1. The molecule has 1 aromatic carbocycles. The fraction of sp³-hybridized carbons (Fsp3) is 0.556. The first-order valence-corrected chi connectivity index (χ1v) is 7.69. The molecule has 0 amide bonds. The molecule has 0 aromatic heterocycles. The number of hydrogen-bond donors (Lipinski definition) is 1. The standard InChI is InChI=1S/C18H22O/c1-11-10-17(19)16-9-8-14-13-5-3-2-4-12(13)6-7-15(14)18(11)16/h2-5,14-19H,1,6-10H2/t14-,15-,16-,17?,18+/m1/s1. The Morgan fingerprint density at radius 1 is 1.05 bits per heavy atom. The van der Waals surface area contributed by atoms with E-state index >= 15 is 0 Å².